The number of benzene rings is 1. The number of amides is 1. The summed E-state index contributed by atoms with van der Waals surface area (Å²) in [6.07, 6.45) is 2.35. The van der Waals surface area contributed by atoms with Crippen molar-refractivity contribution in [1.82, 2.24) is 14.5 Å². The molecule has 0 atom stereocenters. The molecule has 0 N–H and O–H groups in total. The molecule has 1 aromatic carbocycles. The Balaban J connectivity index is 1.87. The van der Waals surface area contributed by atoms with E-state index in [1.807, 2.05) is 11.6 Å². The maximum Gasteiger partial charge on any atom is 0.257 e. The third-order valence-corrected chi connectivity index (χ3v) is 3.55. The SMILES string of the molecule is Cn1cnc2c1CN(C(=O)c1ccc(F)cc1F)CC2. The minimum Gasteiger partial charge on any atom is -0.336 e. The Morgan fingerprint density at radius 2 is 2.15 bits per heavy atom. The number of hydrogen-bond donors (Lipinski definition) is 0. The Hall–Kier alpha value is -2.24. The van der Waals surface area contributed by atoms with Gasteiger partial charge in [0.25, 0.3) is 5.91 Å². The first-order chi connectivity index (χ1) is 9.56. The highest BCUT2D eigenvalue weighted by Crippen LogP contribution is 2.20. The van der Waals surface area contributed by atoms with E-state index >= 15 is 0 Å². The van der Waals surface area contributed by atoms with Gasteiger partial charge in [0, 0.05) is 26.1 Å². The van der Waals surface area contributed by atoms with Crippen LogP contribution in [0.4, 0.5) is 8.78 Å². The van der Waals surface area contributed by atoms with Crippen molar-refractivity contribution in [3.8, 4) is 0 Å². The van der Waals surface area contributed by atoms with Gasteiger partial charge in [-0.2, -0.15) is 0 Å². The van der Waals surface area contributed by atoms with Crippen LogP contribution < -0.4 is 0 Å². The predicted molar refractivity (Wildman–Crippen MR) is 68.0 cm³/mol. The van der Waals surface area contributed by atoms with E-state index in [9.17, 15) is 13.6 Å². The molecule has 0 fully saturated rings. The molecule has 0 saturated carbocycles. The third kappa shape index (κ3) is 2.07. The number of aromatic nitrogens is 2. The van der Waals surface area contributed by atoms with Gasteiger partial charge in [0.1, 0.15) is 11.6 Å². The number of carbonyl (C=O) groups excluding carboxylic acids is 1. The molecule has 0 saturated heterocycles. The molecule has 0 unspecified atom stereocenters. The Kier molecular flexibility index (Phi) is 3.00. The average Bonchev–Trinajstić information content (AvgIpc) is 2.79. The second-order valence-electron chi connectivity index (χ2n) is 4.85. The van der Waals surface area contributed by atoms with Crippen LogP contribution in [0.5, 0.6) is 0 Å². The number of aryl methyl sites for hydroxylation is 1. The summed E-state index contributed by atoms with van der Waals surface area (Å²) in [6, 6.07) is 3.01. The molecule has 6 heteroatoms. The average molecular weight is 277 g/mol. The van der Waals surface area contributed by atoms with Crippen molar-refractivity contribution >= 4 is 5.91 Å². The molecule has 0 spiro atoms. The molecule has 1 aromatic heterocycles. The summed E-state index contributed by atoms with van der Waals surface area (Å²) in [4.78, 5) is 18.1. The van der Waals surface area contributed by atoms with Gasteiger partial charge < -0.3 is 9.47 Å². The molecule has 0 radical (unpaired) electrons. The van der Waals surface area contributed by atoms with Crippen molar-refractivity contribution in [1.29, 1.82) is 0 Å². The quantitative estimate of drug-likeness (QED) is 0.798. The fraction of sp³-hybridized carbons (Fsp3) is 0.286. The van der Waals surface area contributed by atoms with Crippen LogP contribution in [0.3, 0.4) is 0 Å². The van der Waals surface area contributed by atoms with Crippen LogP contribution in [0, 0.1) is 11.6 Å². The molecule has 104 valence electrons. The van der Waals surface area contributed by atoms with E-state index in [0.717, 1.165) is 23.5 Å². The number of fused-ring (bicyclic) bond motifs is 1. The predicted octanol–water partition coefficient (Wildman–Crippen LogP) is 1.90. The zero-order valence-electron chi connectivity index (χ0n) is 10.9. The van der Waals surface area contributed by atoms with Crippen LogP contribution >= 0.6 is 0 Å². The normalized spacial score (nSPS) is 14.2. The fourth-order valence-electron chi connectivity index (χ4n) is 2.42. The summed E-state index contributed by atoms with van der Waals surface area (Å²) in [5.41, 5.74) is 1.82. The molecule has 2 heterocycles. The maximum absolute atomic E-state index is 13.7. The molecule has 1 aliphatic rings. The largest absolute Gasteiger partial charge is 0.336 e. The van der Waals surface area contributed by atoms with Gasteiger partial charge in [-0.25, -0.2) is 13.8 Å². The lowest BCUT2D eigenvalue weighted by molar-refractivity contribution is 0.0725. The summed E-state index contributed by atoms with van der Waals surface area (Å²) < 4.78 is 28.4. The van der Waals surface area contributed by atoms with E-state index in [0.29, 0.717) is 19.5 Å². The number of halogens is 2. The van der Waals surface area contributed by atoms with Crippen LogP contribution in [0.15, 0.2) is 24.5 Å². The maximum atomic E-state index is 13.7. The molecular weight excluding hydrogens is 264 g/mol. The molecule has 4 nitrogen and oxygen atoms in total. The standard InChI is InChI=1S/C14H13F2N3O/c1-18-8-17-12-4-5-19(7-13(12)18)14(20)10-3-2-9(15)6-11(10)16/h2-3,6,8H,4-5,7H2,1H3. The van der Waals surface area contributed by atoms with Crippen LogP contribution in [0.25, 0.3) is 0 Å². The number of rotatable bonds is 1. The van der Waals surface area contributed by atoms with Crippen LogP contribution in [0.2, 0.25) is 0 Å². The Labute approximate surface area is 114 Å². The molecule has 0 bridgehead atoms. The van der Waals surface area contributed by atoms with Gasteiger partial charge in [-0.1, -0.05) is 0 Å². The molecule has 3 rings (SSSR count). The van der Waals surface area contributed by atoms with Crippen molar-refractivity contribution < 1.29 is 13.6 Å². The second-order valence-corrected chi connectivity index (χ2v) is 4.85. The van der Waals surface area contributed by atoms with Gasteiger partial charge in [0.15, 0.2) is 0 Å². The Bertz CT molecular complexity index is 681. The lowest BCUT2D eigenvalue weighted by Crippen LogP contribution is -2.37. The first-order valence-corrected chi connectivity index (χ1v) is 6.29. The highest BCUT2D eigenvalue weighted by Gasteiger charge is 2.26. The van der Waals surface area contributed by atoms with E-state index in [-0.39, 0.29) is 5.56 Å². The third-order valence-electron chi connectivity index (χ3n) is 3.55. The van der Waals surface area contributed by atoms with E-state index in [4.69, 9.17) is 0 Å². The zero-order valence-corrected chi connectivity index (χ0v) is 10.9. The van der Waals surface area contributed by atoms with Gasteiger partial charge in [-0.15, -0.1) is 0 Å². The van der Waals surface area contributed by atoms with Gasteiger partial charge in [0.05, 0.1) is 29.8 Å². The monoisotopic (exact) mass is 277 g/mol. The van der Waals surface area contributed by atoms with Crippen LogP contribution in [-0.2, 0) is 20.0 Å². The highest BCUT2D eigenvalue weighted by molar-refractivity contribution is 5.94. The van der Waals surface area contributed by atoms with Crippen molar-refractivity contribution in [3.05, 3.63) is 53.1 Å². The zero-order chi connectivity index (χ0) is 14.3. The fourth-order valence-corrected chi connectivity index (χ4v) is 2.42. The molecular formula is C14H13F2N3O. The Morgan fingerprint density at radius 1 is 1.35 bits per heavy atom. The van der Waals surface area contributed by atoms with E-state index in [2.05, 4.69) is 4.98 Å². The first kappa shape index (κ1) is 12.8. The van der Waals surface area contributed by atoms with Crippen LogP contribution in [0.1, 0.15) is 21.7 Å². The summed E-state index contributed by atoms with van der Waals surface area (Å²) in [5, 5.41) is 0. The van der Waals surface area contributed by atoms with E-state index in [1.54, 1.807) is 11.2 Å². The van der Waals surface area contributed by atoms with Gasteiger partial charge >= 0.3 is 0 Å². The number of nitrogens with zero attached hydrogens (tertiary/aromatic N) is 3. The minimum absolute atomic E-state index is 0.1000. The van der Waals surface area contributed by atoms with E-state index < -0.39 is 17.5 Å². The van der Waals surface area contributed by atoms with Crippen molar-refractivity contribution in [2.24, 2.45) is 7.05 Å². The van der Waals surface area contributed by atoms with Crippen molar-refractivity contribution in [2.75, 3.05) is 6.54 Å². The second kappa shape index (κ2) is 4.70. The number of imidazole rings is 1. The van der Waals surface area contributed by atoms with E-state index in [1.165, 1.54) is 6.07 Å². The molecule has 1 amide bonds. The summed E-state index contributed by atoms with van der Waals surface area (Å²) in [7, 11) is 1.86. The number of hydrogen-bond acceptors (Lipinski definition) is 2. The number of carbonyl (C=O) groups is 1. The van der Waals surface area contributed by atoms with Crippen molar-refractivity contribution in [3.63, 3.8) is 0 Å². The van der Waals surface area contributed by atoms with Gasteiger partial charge in [-0.05, 0) is 12.1 Å². The molecule has 0 aliphatic carbocycles. The lowest BCUT2D eigenvalue weighted by Gasteiger charge is -2.27. The van der Waals surface area contributed by atoms with Gasteiger partial charge in [0.2, 0.25) is 0 Å². The molecule has 1 aliphatic heterocycles. The first-order valence-electron chi connectivity index (χ1n) is 6.29. The highest BCUT2D eigenvalue weighted by atomic mass is 19.1. The topological polar surface area (TPSA) is 38.1 Å². The Morgan fingerprint density at radius 3 is 2.90 bits per heavy atom. The minimum atomic E-state index is -0.828. The molecule has 2 aromatic rings. The lowest BCUT2D eigenvalue weighted by atomic mass is 10.1. The summed E-state index contributed by atoms with van der Waals surface area (Å²) >= 11 is 0. The summed E-state index contributed by atoms with van der Waals surface area (Å²) in [5.74, 6) is -1.94. The van der Waals surface area contributed by atoms with Crippen LogP contribution in [-0.4, -0.2) is 26.9 Å². The summed E-state index contributed by atoms with van der Waals surface area (Å²) in [6.45, 7) is 0.876. The van der Waals surface area contributed by atoms with Crippen molar-refractivity contribution in [2.45, 2.75) is 13.0 Å². The van der Waals surface area contributed by atoms with Gasteiger partial charge in [-0.3, -0.25) is 4.79 Å². The molecule has 20 heavy (non-hydrogen) atoms. The smallest absolute Gasteiger partial charge is 0.257 e.